The molecule has 0 aliphatic rings. The molecule has 1 atom stereocenters. The Balaban J connectivity index is 2.17. The number of amides is 1. The number of rotatable bonds is 7. The zero-order valence-electron chi connectivity index (χ0n) is 14.4. The molecule has 0 aliphatic heterocycles. The Morgan fingerprint density at radius 2 is 1.64 bits per heavy atom. The molecule has 2 rings (SSSR count). The monoisotopic (exact) mass is 343 g/mol. The summed E-state index contributed by atoms with van der Waals surface area (Å²) in [6, 6.07) is 13.8. The van der Waals surface area contributed by atoms with E-state index in [9.17, 15) is 9.59 Å². The van der Waals surface area contributed by atoms with Crippen LogP contribution in [0.3, 0.4) is 0 Å². The minimum absolute atomic E-state index is 0.283. The van der Waals surface area contributed by atoms with Crippen molar-refractivity contribution in [2.45, 2.75) is 19.4 Å². The highest BCUT2D eigenvalue weighted by atomic mass is 16.5. The van der Waals surface area contributed by atoms with Crippen LogP contribution >= 0.6 is 0 Å². The summed E-state index contributed by atoms with van der Waals surface area (Å²) in [4.78, 5) is 24.4. The third kappa shape index (κ3) is 4.50. The molecule has 2 aromatic carbocycles. The predicted molar refractivity (Wildman–Crippen MR) is 94.1 cm³/mol. The smallest absolute Gasteiger partial charge is 0.339 e. The van der Waals surface area contributed by atoms with E-state index in [1.54, 1.807) is 42.5 Å². The van der Waals surface area contributed by atoms with Crippen LogP contribution in [0, 0.1) is 0 Å². The lowest BCUT2D eigenvalue weighted by Gasteiger charge is -2.19. The number of ether oxygens (including phenoxy) is 3. The molecule has 0 aliphatic carbocycles. The normalized spacial score (nSPS) is 11.3. The molecule has 1 unspecified atom stereocenters. The molecule has 1 amide bonds. The second kappa shape index (κ2) is 8.73. The minimum Gasteiger partial charge on any atom is -0.493 e. The van der Waals surface area contributed by atoms with Crippen LogP contribution in [-0.4, -0.2) is 32.2 Å². The zero-order valence-corrected chi connectivity index (χ0v) is 14.4. The van der Waals surface area contributed by atoms with Crippen molar-refractivity contribution in [3.05, 3.63) is 54.1 Å². The van der Waals surface area contributed by atoms with Gasteiger partial charge in [0.2, 0.25) is 0 Å². The van der Waals surface area contributed by atoms with E-state index in [0.717, 1.165) is 0 Å². The molecule has 0 spiro atoms. The summed E-state index contributed by atoms with van der Waals surface area (Å²) >= 11 is 0. The number of anilines is 1. The van der Waals surface area contributed by atoms with Crippen LogP contribution in [0.2, 0.25) is 0 Å². The summed E-state index contributed by atoms with van der Waals surface area (Å²) in [5, 5.41) is 2.73. The van der Waals surface area contributed by atoms with Gasteiger partial charge < -0.3 is 19.5 Å². The van der Waals surface area contributed by atoms with Crippen LogP contribution in [0.15, 0.2) is 48.5 Å². The van der Waals surface area contributed by atoms with Crippen molar-refractivity contribution >= 4 is 17.6 Å². The fourth-order valence-corrected chi connectivity index (χ4v) is 2.28. The largest absolute Gasteiger partial charge is 0.493 e. The van der Waals surface area contributed by atoms with Crippen molar-refractivity contribution < 1.29 is 23.8 Å². The van der Waals surface area contributed by atoms with Crippen molar-refractivity contribution in [1.82, 2.24) is 0 Å². The second-order valence-electron chi connectivity index (χ2n) is 5.19. The molecule has 0 fully saturated rings. The third-order valence-electron chi connectivity index (χ3n) is 3.59. The van der Waals surface area contributed by atoms with Crippen LogP contribution in [0.4, 0.5) is 5.69 Å². The molecule has 132 valence electrons. The van der Waals surface area contributed by atoms with E-state index in [0.29, 0.717) is 23.6 Å². The first kappa shape index (κ1) is 18.3. The first-order chi connectivity index (χ1) is 12.1. The Bertz CT molecular complexity index is 744. The van der Waals surface area contributed by atoms with Gasteiger partial charge in [0.15, 0.2) is 17.6 Å². The summed E-state index contributed by atoms with van der Waals surface area (Å²) < 4.78 is 15.8. The number of nitrogens with one attached hydrogen (secondary N) is 1. The molecular formula is C19H21NO5. The van der Waals surface area contributed by atoms with Gasteiger partial charge in [0, 0.05) is 0 Å². The number of para-hydroxylation sites is 3. The van der Waals surface area contributed by atoms with Gasteiger partial charge in [-0.05, 0) is 30.7 Å². The molecule has 0 saturated carbocycles. The van der Waals surface area contributed by atoms with Gasteiger partial charge in [-0.1, -0.05) is 31.2 Å². The maximum absolute atomic E-state index is 12.6. The maximum Gasteiger partial charge on any atom is 0.339 e. The maximum atomic E-state index is 12.6. The van der Waals surface area contributed by atoms with Crippen molar-refractivity contribution in [2.75, 3.05) is 19.5 Å². The van der Waals surface area contributed by atoms with Crippen LogP contribution in [0.1, 0.15) is 23.7 Å². The lowest BCUT2D eigenvalue weighted by Crippen LogP contribution is -2.33. The standard InChI is InChI=1S/C19H21NO5/c1-4-15(25-17-12-8-7-11-16(17)23-2)18(21)20-14-10-6-5-9-13(14)19(22)24-3/h5-12,15H,4H2,1-3H3,(H,20,21). The fraction of sp³-hybridized carbons (Fsp3) is 0.263. The molecule has 0 heterocycles. The van der Waals surface area contributed by atoms with E-state index in [-0.39, 0.29) is 11.5 Å². The topological polar surface area (TPSA) is 73.9 Å². The zero-order chi connectivity index (χ0) is 18.2. The first-order valence-electron chi connectivity index (χ1n) is 7.88. The van der Waals surface area contributed by atoms with Gasteiger partial charge in [-0.25, -0.2) is 4.79 Å². The van der Waals surface area contributed by atoms with Crippen molar-refractivity contribution in [3.63, 3.8) is 0 Å². The van der Waals surface area contributed by atoms with Crippen LogP contribution in [0.5, 0.6) is 11.5 Å². The molecule has 6 nitrogen and oxygen atoms in total. The van der Waals surface area contributed by atoms with Gasteiger partial charge in [0.25, 0.3) is 5.91 Å². The minimum atomic E-state index is -0.734. The van der Waals surface area contributed by atoms with E-state index in [1.165, 1.54) is 14.2 Å². The highest BCUT2D eigenvalue weighted by molar-refractivity contribution is 6.02. The van der Waals surface area contributed by atoms with Gasteiger partial charge in [-0.3, -0.25) is 4.79 Å². The predicted octanol–water partition coefficient (Wildman–Crippen LogP) is 3.28. The highest BCUT2D eigenvalue weighted by Gasteiger charge is 2.22. The van der Waals surface area contributed by atoms with Crippen molar-refractivity contribution in [3.8, 4) is 11.5 Å². The molecule has 25 heavy (non-hydrogen) atoms. The molecule has 0 radical (unpaired) electrons. The van der Waals surface area contributed by atoms with Crippen LogP contribution in [0.25, 0.3) is 0 Å². The van der Waals surface area contributed by atoms with Crippen LogP contribution < -0.4 is 14.8 Å². The second-order valence-corrected chi connectivity index (χ2v) is 5.19. The Morgan fingerprint density at radius 3 is 2.28 bits per heavy atom. The average Bonchev–Trinajstić information content (AvgIpc) is 2.66. The van der Waals surface area contributed by atoms with E-state index in [2.05, 4.69) is 5.32 Å². The molecular weight excluding hydrogens is 322 g/mol. The number of esters is 1. The number of hydrogen-bond acceptors (Lipinski definition) is 5. The molecule has 0 aromatic heterocycles. The summed E-state index contributed by atoms with van der Waals surface area (Å²) in [5.74, 6) is 0.149. The van der Waals surface area contributed by atoms with Crippen molar-refractivity contribution in [1.29, 1.82) is 0 Å². The SMILES string of the molecule is CCC(Oc1ccccc1OC)C(=O)Nc1ccccc1C(=O)OC. The number of carbonyl (C=O) groups excluding carboxylic acids is 2. The Labute approximate surface area is 146 Å². The lowest BCUT2D eigenvalue weighted by molar-refractivity contribution is -0.122. The molecule has 0 bridgehead atoms. The number of benzene rings is 2. The lowest BCUT2D eigenvalue weighted by atomic mass is 10.1. The van der Waals surface area contributed by atoms with E-state index >= 15 is 0 Å². The number of hydrogen-bond donors (Lipinski definition) is 1. The Kier molecular flexibility index (Phi) is 6.39. The van der Waals surface area contributed by atoms with Gasteiger partial charge >= 0.3 is 5.97 Å². The molecule has 2 aromatic rings. The Morgan fingerprint density at radius 1 is 1.00 bits per heavy atom. The number of carbonyl (C=O) groups is 2. The van der Waals surface area contributed by atoms with Gasteiger partial charge in [-0.2, -0.15) is 0 Å². The fourth-order valence-electron chi connectivity index (χ4n) is 2.28. The van der Waals surface area contributed by atoms with E-state index in [4.69, 9.17) is 14.2 Å². The highest BCUT2D eigenvalue weighted by Crippen LogP contribution is 2.27. The number of methoxy groups -OCH3 is 2. The van der Waals surface area contributed by atoms with Gasteiger partial charge in [0.1, 0.15) is 0 Å². The molecule has 6 heteroatoms. The van der Waals surface area contributed by atoms with E-state index < -0.39 is 12.1 Å². The van der Waals surface area contributed by atoms with E-state index in [1.807, 2.05) is 13.0 Å². The van der Waals surface area contributed by atoms with Gasteiger partial charge in [-0.15, -0.1) is 0 Å². The Hall–Kier alpha value is -3.02. The summed E-state index contributed by atoms with van der Waals surface area (Å²) in [6.45, 7) is 1.84. The van der Waals surface area contributed by atoms with Crippen LogP contribution in [-0.2, 0) is 9.53 Å². The summed E-state index contributed by atoms with van der Waals surface area (Å²) in [7, 11) is 2.83. The van der Waals surface area contributed by atoms with Crippen molar-refractivity contribution in [2.24, 2.45) is 0 Å². The molecule has 0 saturated heterocycles. The third-order valence-corrected chi connectivity index (χ3v) is 3.59. The van der Waals surface area contributed by atoms with Gasteiger partial charge in [0.05, 0.1) is 25.5 Å². The first-order valence-corrected chi connectivity index (χ1v) is 7.88. The molecule has 1 N–H and O–H groups in total. The summed E-state index contributed by atoms with van der Waals surface area (Å²) in [6.07, 6.45) is -0.286. The summed E-state index contributed by atoms with van der Waals surface area (Å²) in [5.41, 5.74) is 0.659. The quantitative estimate of drug-likeness (QED) is 0.781. The average molecular weight is 343 g/mol.